The topological polar surface area (TPSA) is 121 Å². The van der Waals surface area contributed by atoms with Crippen molar-refractivity contribution in [3.63, 3.8) is 0 Å². The zero-order valence-corrected chi connectivity index (χ0v) is 21.1. The van der Waals surface area contributed by atoms with Crippen LogP contribution in [0, 0.1) is 0 Å². The van der Waals surface area contributed by atoms with Gasteiger partial charge in [0.05, 0.1) is 13.7 Å². The van der Waals surface area contributed by atoms with E-state index in [0.29, 0.717) is 51.9 Å². The van der Waals surface area contributed by atoms with Crippen LogP contribution in [0.4, 0.5) is 0 Å². The Hall–Kier alpha value is -4.24. The largest absolute Gasteiger partial charge is 0.496 e. The average Bonchev–Trinajstić information content (AvgIpc) is 3.52. The molecule has 1 heterocycles. The van der Waals surface area contributed by atoms with Gasteiger partial charge in [-0.1, -0.05) is 37.3 Å². The lowest BCUT2D eigenvalue weighted by atomic mass is 9.81. The van der Waals surface area contributed by atoms with Gasteiger partial charge in [0, 0.05) is 23.5 Å². The number of hydrogen-bond acceptors (Lipinski definition) is 7. The van der Waals surface area contributed by atoms with E-state index in [4.69, 9.17) is 23.7 Å². The second-order valence-electron chi connectivity index (χ2n) is 9.15. The summed E-state index contributed by atoms with van der Waals surface area (Å²) in [5.74, 6) is -1.14. The van der Waals surface area contributed by atoms with Gasteiger partial charge in [0.15, 0.2) is 17.1 Å². The van der Waals surface area contributed by atoms with Crippen molar-refractivity contribution in [2.75, 3.05) is 27.1 Å². The molecule has 0 saturated heterocycles. The van der Waals surface area contributed by atoms with Crippen molar-refractivity contribution in [2.24, 2.45) is 0 Å². The number of aliphatic carboxylic acids is 2. The van der Waals surface area contributed by atoms with Crippen molar-refractivity contribution in [3.8, 4) is 34.1 Å². The van der Waals surface area contributed by atoms with Crippen LogP contribution in [0.1, 0.15) is 36.0 Å². The number of carboxylic acid groups (broad SMARTS) is 2. The minimum Gasteiger partial charge on any atom is -0.496 e. The summed E-state index contributed by atoms with van der Waals surface area (Å²) in [6.45, 7) is 1.76. The fourth-order valence-electron chi connectivity index (χ4n) is 5.33. The molecule has 9 heteroatoms. The average molecular weight is 521 g/mol. The molecule has 2 unspecified atom stereocenters. The molecule has 0 spiro atoms. The first-order chi connectivity index (χ1) is 18.4. The van der Waals surface area contributed by atoms with E-state index in [2.05, 4.69) is 0 Å². The Morgan fingerprint density at radius 1 is 1.03 bits per heavy atom. The van der Waals surface area contributed by atoms with E-state index in [0.717, 1.165) is 12.0 Å². The maximum Gasteiger partial charge on any atom is 0.337 e. The SMILES string of the molecule is CCCOc1ccc2c(c1-c1ccccc1OC)CC(OCC(=O)O)(C(=O)O)C2c1ccc2c(c1)OCO2. The highest BCUT2D eigenvalue weighted by Crippen LogP contribution is 2.54. The van der Waals surface area contributed by atoms with Gasteiger partial charge >= 0.3 is 11.9 Å². The lowest BCUT2D eigenvalue weighted by molar-refractivity contribution is -0.172. The van der Waals surface area contributed by atoms with E-state index in [9.17, 15) is 19.8 Å². The van der Waals surface area contributed by atoms with Gasteiger partial charge in [-0.05, 0) is 47.4 Å². The number of ether oxygens (including phenoxy) is 5. The third-order valence-electron chi connectivity index (χ3n) is 6.91. The molecule has 2 N–H and O–H groups in total. The molecule has 0 radical (unpaired) electrons. The molecule has 9 nitrogen and oxygen atoms in total. The third-order valence-corrected chi connectivity index (χ3v) is 6.91. The molecule has 2 aliphatic rings. The molecule has 38 heavy (non-hydrogen) atoms. The molecule has 3 aromatic carbocycles. The maximum atomic E-state index is 13.0. The first-order valence-corrected chi connectivity index (χ1v) is 12.3. The third kappa shape index (κ3) is 4.28. The summed E-state index contributed by atoms with van der Waals surface area (Å²) in [5.41, 5.74) is 1.53. The first kappa shape index (κ1) is 25.4. The fraction of sp³-hybridized carbons (Fsp3) is 0.310. The Kier molecular flexibility index (Phi) is 6.86. The smallest absolute Gasteiger partial charge is 0.337 e. The lowest BCUT2D eigenvalue weighted by Crippen LogP contribution is -2.47. The molecule has 0 saturated carbocycles. The van der Waals surface area contributed by atoms with Gasteiger partial charge in [0.1, 0.15) is 18.1 Å². The number of benzene rings is 3. The summed E-state index contributed by atoms with van der Waals surface area (Å²) >= 11 is 0. The molecule has 0 fully saturated rings. The van der Waals surface area contributed by atoms with Gasteiger partial charge < -0.3 is 33.9 Å². The highest BCUT2D eigenvalue weighted by atomic mass is 16.7. The van der Waals surface area contributed by atoms with Crippen LogP contribution in [0.5, 0.6) is 23.0 Å². The molecule has 1 aliphatic carbocycles. The molecule has 0 bridgehead atoms. The van der Waals surface area contributed by atoms with E-state index in [1.165, 1.54) is 0 Å². The molecule has 5 rings (SSSR count). The number of para-hydroxylation sites is 1. The van der Waals surface area contributed by atoms with E-state index in [1.807, 2.05) is 43.3 Å². The van der Waals surface area contributed by atoms with Crippen LogP contribution >= 0.6 is 0 Å². The van der Waals surface area contributed by atoms with Crippen LogP contribution in [0.2, 0.25) is 0 Å². The van der Waals surface area contributed by atoms with Gasteiger partial charge in [0.2, 0.25) is 6.79 Å². The van der Waals surface area contributed by atoms with Crippen molar-refractivity contribution in [3.05, 3.63) is 71.3 Å². The summed E-state index contributed by atoms with van der Waals surface area (Å²) in [4.78, 5) is 24.6. The maximum absolute atomic E-state index is 13.0. The van der Waals surface area contributed by atoms with E-state index < -0.39 is 30.1 Å². The number of fused-ring (bicyclic) bond motifs is 2. The quantitative estimate of drug-likeness (QED) is 0.398. The summed E-state index contributed by atoms with van der Waals surface area (Å²) in [5, 5.41) is 20.0. The Balaban J connectivity index is 1.77. The predicted octanol–water partition coefficient (Wildman–Crippen LogP) is 4.49. The van der Waals surface area contributed by atoms with Crippen LogP contribution in [0.15, 0.2) is 54.6 Å². The molecule has 0 aromatic heterocycles. The van der Waals surface area contributed by atoms with E-state index in [1.54, 1.807) is 25.3 Å². The number of hydrogen-bond donors (Lipinski definition) is 2. The van der Waals surface area contributed by atoms with Crippen molar-refractivity contribution in [2.45, 2.75) is 31.3 Å². The number of rotatable bonds is 10. The van der Waals surface area contributed by atoms with E-state index >= 15 is 0 Å². The fourth-order valence-corrected chi connectivity index (χ4v) is 5.33. The van der Waals surface area contributed by atoms with Crippen LogP contribution in [-0.2, 0) is 20.7 Å². The Morgan fingerprint density at radius 3 is 2.55 bits per heavy atom. The highest BCUT2D eigenvalue weighted by molar-refractivity contribution is 5.88. The van der Waals surface area contributed by atoms with Crippen LogP contribution < -0.4 is 18.9 Å². The zero-order valence-electron chi connectivity index (χ0n) is 21.1. The highest BCUT2D eigenvalue weighted by Gasteiger charge is 2.55. The van der Waals surface area contributed by atoms with Gasteiger partial charge in [-0.25, -0.2) is 9.59 Å². The lowest BCUT2D eigenvalue weighted by Gasteiger charge is -2.31. The molecule has 198 valence electrons. The molecular formula is C29H28O9. The summed E-state index contributed by atoms with van der Waals surface area (Å²) in [6, 6.07) is 16.3. The van der Waals surface area contributed by atoms with Gasteiger partial charge in [-0.3, -0.25) is 0 Å². The van der Waals surface area contributed by atoms with Crippen molar-refractivity contribution < 1.29 is 43.5 Å². The Labute approximate surface area is 219 Å². The summed E-state index contributed by atoms with van der Waals surface area (Å²) in [6.07, 6.45) is 0.698. The Morgan fingerprint density at radius 2 is 1.82 bits per heavy atom. The predicted molar refractivity (Wildman–Crippen MR) is 136 cm³/mol. The Bertz CT molecular complexity index is 1380. The van der Waals surface area contributed by atoms with Crippen molar-refractivity contribution >= 4 is 11.9 Å². The van der Waals surface area contributed by atoms with Crippen LogP contribution in [0.25, 0.3) is 11.1 Å². The number of carboxylic acids is 2. The standard InChI is InChI=1S/C29H28O9/c1-3-12-35-23-11-9-18-20(26(23)19-6-4-5-7-21(19)34-2)14-29(28(32)33,38-15-25(30)31)27(18)17-8-10-22-24(13-17)37-16-36-22/h4-11,13,27H,3,12,14-16H2,1-2H3,(H,30,31)(H,32,33). The summed E-state index contributed by atoms with van der Waals surface area (Å²) < 4.78 is 28.6. The molecule has 0 amide bonds. The van der Waals surface area contributed by atoms with Crippen LogP contribution in [-0.4, -0.2) is 54.9 Å². The number of carbonyl (C=O) groups is 2. The molecule has 1 aliphatic heterocycles. The second-order valence-corrected chi connectivity index (χ2v) is 9.15. The van der Waals surface area contributed by atoms with Crippen molar-refractivity contribution in [1.29, 1.82) is 0 Å². The summed E-state index contributed by atoms with van der Waals surface area (Å²) in [7, 11) is 1.57. The number of methoxy groups -OCH3 is 1. The molecular weight excluding hydrogens is 492 g/mol. The van der Waals surface area contributed by atoms with Crippen molar-refractivity contribution in [1.82, 2.24) is 0 Å². The normalized spacial score (nSPS) is 19.2. The molecule has 3 aromatic rings. The zero-order chi connectivity index (χ0) is 26.9. The van der Waals surface area contributed by atoms with Crippen LogP contribution in [0.3, 0.4) is 0 Å². The molecule has 2 atom stereocenters. The minimum absolute atomic E-state index is 0.0652. The van der Waals surface area contributed by atoms with Gasteiger partial charge in [0.25, 0.3) is 0 Å². The second kappa shape index (κ2) is 10.3. The minimum atomic E-state index is -1.89. The first-order valence-electron chi connectivity index (χ1n) is 12.3. The van der Waals surface area contributed by atoms with Gasteiger partial charge in [-0.15, -0.1) is 0 Å². The van der Waals surface area contributed by atoms with Gasteiger partial charge in [-0.2, -0.15) is 0 Å². The van der Waals surface area contributed by atoms with E-state index in [-0.39, 0.29) is 13.2 Å². The monoisotopic (exact) mass is 520 g/mol.